The SMILES string of the molecule is [C-]#[N+]CCc1cc2c(C=NN(C[C@H]3CCCCN3C)C(N)=O)cc(-c3cncn3C)nc2cc1Cl. The van der Waals surface area contributed by atoms with Gasteiger partial charge < -0.3 is 20.0 Å². The third-order valence-electron chi connectivity index (χ3n) is 6.48. The molecule has 1 aliphatic rings. The Labute approximate surface area is 210 Å². The van der Waals surface area contributed by atoms with E-state index >= 15 is 0 Å². The number of imidazole rings is 1. The number of rotatable bonds is 7. The molecule has 9 nitrogen and oxygen atoms in total. The Morgan fingerprint density at radius 3 is 2.89 bits per heavy atom. The molecule has 0 saturated carbocycles. The molecule has 0 radical (unpaired) electrons. The van der Waals surface area contributed by atoms with Gasteiger partial charge in [-0.1, -0.05) is 18.0 Å². The van der Waals surface area contributed by atoms with Crippen molar-refractivity contribution >= 4 is 34.7 Å². The van der Waals surface area contributed by atoms with Crippen LogP contribution in [0, 0.1) is 6.57 Å². The van der Waals surface area contributed by atoms with Gasteiger partial charge in [0.1, 0.15) is 0 Å². The van der Waals surface area contributed by atoms with Gasteiger partial charge in [0.2, 0.25) is 6.54 Å². The second kappa shape index (κ2) is 10.8. The van der Waals surface area contributed by atoms with Gasteiger partial charge in [0, 0.05) is 35.5 Å². The highest BCUT2D eigenvalue weighted by molar-refractivity contribution is 6.32. The van der Waals surface area contributed by atoms with Crippen LogP contribution in [0.5, 0.6) is 0 Å². The number of urea groups is 1. The Kier molecular flexibility index (Phi) is 7.63. The van der Waals surface area contributed by atoms with E-state index in [2.05, 4.69) is 26.9 Å². The number of hydrogen-bond acceptors (Lipinski definition) is 5. The number of nitrogens with two attached hydrogens (primary N) is 1. The molecule has 0 aliphatic carbocycles. The van der Waals surface area contributed by atoms with Crippen molar-refractivity contribution in [3.8, 4) is 11.4 Å². The number of hydrogen-bond donors (Lipinski definition) is 1. The van der Waals surface area contributed by atoms with E-state index < -0.39 is 6.03 Å². The molecule has 2 amide bonds. The third-order valence-corrected chi connectivity index (χ3v) is 6.83. The standard InChI is InChI=1S/C25H29ClN8O/c1-28-8-7-17-10-20-18(13-30-34(25(27)35)15-19-6-4-5-9-32(19)2)11-23(24-14-29-16-33(24)3)31-22(20)12-21(17)26/h10-14,16,19H,4-9,15H2,2-3H3,(H2,27,35)/t19-/m1/s1. The van der Waals surface area contributed by atoms with Crippen LogP contribution in [0.15, 0.2) is 35.8 Å². The Morgan fingerprint density at radius 2 is 2.20 bits per heavy atom. The van der Waals surface area contributed by atoms with E-state index in [1.165, 1.54) is 5.01 Å². The van der Waals surface area contributed by atoms with E-state index in [9.17, 15) is 4.79 Å². The predicted molar refractivity (Wildman–Crippen MR) is 138 cm³/mol. The fourth-order valence-corrected chi connectivity index (χ4v) is 4.68. The minimum absolute atomic E-state index is 0.214. The largest absolute Gasteiger partial charge is 0.350 e. The summed E-state index contributed by atoms with van der Waals surface area (Å²) in [5.41, 5.74) is 9.57. The molecule has 1 fully saturated rings. The zero-order valence-corrected chi connectivity index (χ0v) is 20.7. The first-order chi connectivity index (χ1) is 16.9. The van der Waals surface area contributed by atoms with E-state index in [1.807, 2.05) is 29.8 Å². The van der Waals surface area contributed by atoms with Crippen LogP contribution < -0.4 is 5.73 Å². The maximum Gasteiger partial charge on any atom is 0.335 e. The number of likely N-dealkylation sites (tertiary alicyclic amines) is 1. The van der Waals surface area contributed by atoms with E-state index in [0.29, 0.717) is 35.7 Å². The fraction of sp³-hybridized carbons (Fsp3) is 0.400. The molecule has 35 heavy (non-hydrogen) atoms. The number of pyridine rings is 1. The number of piperidine rings is 1. The Bertz CT molecular complexity index is 1290. The van der Waals surface area contributed by atoms with Crippen LogP contribution in [0.4, 0.5) is 4.79 Å². The van der Waals surface area contributed by atoms with Crippen molar-refractivity contribution in [2.45, 2.75) is 31.7 Å². The maximum atomic E-state index is 12.2. The maximum absolute atomic E-state index is 12.2. The lowest BCUT2D eigenvalue weighted by molar-refractivity contribution is 0.139. The second-order valence-corrected chi connectivity index (χ2v) is 9.28. The molecule has 10 heteroatoms. The molecule has 3 heterocycles. The predicted octanol–water partition coefficient (Wildman–Crippen LogP) is 3.95. The van der Waals surface area contributed by atoms with Crippen LogP contribution >= 0.6 is 11.6 Å². The van der Waals surface area contributed by atoms with Crippen LogP contribution in [0.25, 0.3) is 27.1 Å². The second-order valence-electron chi connectivity index (χ2n) is 8.87. The van der Waals surface area contributed by atoms with Crippen LogP contribution in [0.1, 0.15) is 30.4 Å². The van der Waals surface area contributed by atoms with Crippen molar-refractivity contribution in [2.75, 3.05) is 26.7 Å². The minimum Gasteiger partial charge on any atom is -0.350 e. The van der Waals surface area contributed by atoms with Crippen LogP contribution in [0.3, 0.4) is 0 Å². The number of benzene rings is 1. The molecule has 1 aliphatic heterocycles. The Morgan fingerprint density at radius 1 is 1.37 bits per heavy atom. The molecule has 0 unspecified atom stereocenters. The zero-order chi connectivity index (χ0) is 24.9. The fourth-order valence-electron chi connectivity index (χ4n) is 4.43. The molecule has 1 aromatic carbocycles. The lowest BCUT2D eigenvalue weighted by atomic mass is 10.0. The van der Waals surface area contributed by atoms with Gasteiger partial charge in [-0.2, -0.15) is 5.10 Å². The van der Waals surface area contributed by atoms with Crippen molar-refractivity contribution in [3.05, 3.63) is 58.3 Å². The van der Waals surface area contributed by atoms with Crippen molar-refractivity contribution in [2.24, 2.45) is 17.9 Å². The summed E-state index contributed by atoms with van der Waals surface area (Å²) in [5.74, 6) is 0. The zero-order valence-electron chi connectivity index (χ0n) is 20.0. The van der Waals surface area contributed by atoms with Gasteiger partial charge in [0.15, 0.2) is 0 Å². The first-order valence-corrected chi connectivity index (χ1v) is 12.0. The first-order valence-electron chi connectivity index (χ1n) is 11.6. The molecule has 2 aromatic heterocycles. The van der Waals surface area contributed by atoms with E-state index in [0.717, 1.165) is 48.0 Å². The average molecular weight is 493 g/mol. The van der Waals surface area contributed by atoms with Gasteiger partial charge in [0.25, 0.3) is 0 Å². The van der Waals surface area contributed by atoms with Gasteiger partial charge in [-0.25, -0.2) is 26.3 Å². The third kappa shape index (κ3) is 5.61. The minimum atomic E-state index is -0.591. The Hall–Kier alpha value is -3.48. The first kappa shape index (κ1) is 24.6. The molecule has 0 spiro atoms. The highest BCUT2D eigenvalue weighted by Gasteiger charge is 2.23. The normalized spacial score (nSPS) is 16.6. The number of halogens is 1. The molecule has 3 aromatic rings. The van der Waals surface area contributed by atoms with Crippen molar-refractivity contribution in [3.63, 3.8) is 0 Å². The summed E-state index contributed by atoms with van der Waals surface area (Å²) in [4.78, 5) is 26.9. The number of carbonyl (C=O) groups is 1. The van der Waals surface area contributed by atoms with Gasteiger partial charge >= 0.3 is 6.03 Å². The number of nitrogens with zero attached hydrogens (tertiary/aromatic N) is 7. The number of aromatic nitrogens is 3. The van der Waals surface area contributed by atoms with Crippen LogP contribution in [-0.4, -0.2) is 69.4 Å². The number of hydrazone groups is 1. The molecule has 0 bridgehead atoms. The monoisotopic (exact) mass is 492 g/mol. The highest BCUT2D eigenvalue weighted by Crippen LogP contribution is 2.29. The lowest BCUT2D eigenvalue weighted by Crippen LogP contribution is -2.46. The number of carbonyl (C=O) groups excluding carboxylic acids is 1. The number of amides is 2. The number of primary amides is 1. The molecule has 1 saturated heterocycles. The van der Waals surface area contributed by atoms with Crippen molar-refractivity contribution in [1.82, 2.24) is 24.4 Å². The van der Waals surface area contributed by atoms with Crippen LogP contribution in [0.2, 0.25) is 5.02 Å². The Balaban J connectivity index is 1.76. The van der Waals surface area contributed by atoms with Crippen molar-refractivity contribution in [1.29, 1.82) is 0 Å². The highest BCUT2D eigenvalue weighted by atomic mass is 35.5. The van der Waals surface area contributed by atoms with Crippen molar-refractivity contribution < 1.29 is 4.79 Å². The average Bonchev–Trinajstić information content (AvgIpc) is 3.26. The number of fused-ring (bicyclic) bond motifs is 1. The van der Waals surface area contributed by atoms with Gasteiger partial charge in [-0.3, -0.25) is 0 Å². The summed E-state index contributed by atoms with van der Waals surface area (Å²) in [6.45, 7) is 8.89. The molecule has 182 valence electrons. The summed E-state index contributed by atoms with van der Waals surface area (Å²) in [5, 5.41) is 7.24. The number of aryl methyl sites for hydroxylation is 1. The summed E-state index contributed by atoms with van der Waals surface area (Å²) in [6.07, 6.45) is 8.94. The number of likely N-dealkylation sites (N-methyl/N-ethyl adjacent to an activating group) is 1. The summed E-state index contributed by atoms with van der Waals surface area (Å²) in [6, 6.07) is 5.31. The molecular weight excluding hydrogens is 464 g/mol. The summed E-state index contributed by atoms with van der Waals surface area (Å²) >= 11 is 6.52. The van der Waals surface area contributed by atoms with Gasteiger partial charge in [-0.05, 0) is 50.2 Å². The van der Waals surface area contributed by atoms with E-state index in [4.69, 9.17) is 28.9 Å². The lowest BCUT2D eigenvalue weighted by Gasteiger charge is -2.34. The summed E-state index contributed by atoms with van der Waals surface area (Å²) in [7, 11) is 3.97. The quantitative estimate of drug-likeness (QED) is 0.307. The van der Waals surface area contributed by atoms with Gasteiger partial charge in [0.05, 0.1) is 42.2 Å². The molecule has 4 rings (SSSR count). The summed E-state index contributed by atoms with van der Waals surface area (Å²) < 4.78 is 1.88. The smallest absolute Gasteiger partial charge is 0.335 e. The molecule has 1 atom stereocenters. The topological polar surface area (TPSA) is 97.0 Å². The van der Waals surface area contributed by atoms with Crippen LogP contribution in [-0.2, 0) is 13.5 Å². The molecule has 2 N–H and O–H groups in total. The van der Waals surface area contributed by atoms with E-state index in [1.54, 1.807) is 18.7 Å². The molecular formula is C25H29ClN8O. The van der Waals surface area contributed by atoms with E-state index in [-0.39, 0.29) is 6.04 Å². The van der Waals surface area contributed by atoms with Gasteiger partial charge in [-0.15, -0.1) is 0 Å².